The lowest BCUT2D eigenvalue weighted by Gasteiger charge is -2.01. The maximum Gasteiger partial charge on any atom is 0.153 e. The Labute approximate surface area is 83.1 Å². The molecule has 0 aromatic carbocycles. The monoisotopic (exact) mass is 191 g/mol. The summed E-state index contributed by atoms with van der Waals surface area (Å²) in [5.41, 5.74) is 2.31. The second-order valence-corrected chi connectivity index (χ2v) is 3.19. The standard InChI is InChI=1S/C10H13N3O/c1-8-10(7-14)9(2)13(12-8)6-4-3-5-11/h7H,3-4,6H2,1-2H3. The molecule has 74 valence electrons. The van der Waals surface area contributed by atoms with Crippen LogP contribution in [-0.4, -0.2) is 16.1 Å². The lowest BCUT2D eigenvalue weighted by atomic mass is 10.2. The molecule has 0 aliphatic heterocycles. The number of nitrogens with zero attached hydrogens (tertiary/aromatic N) is 3. The summed E-state index contributed by atoms with van der Waals surface area (Å²) in [7, 11) is 0. The van der Waals surface area contributed by atoms with Crippen LogP contribution in [0.5, 0.6) is 0 Å². The average molecular weight is 191 g/mol. The summed E-state index contributed by atoms with van der Waals surface area (Å²) in [6.45, 7) is 4.39. The van der Waals surface area contributed by atoms with Crippen molar-refractivity contribution in [3.8, 4) is 6.07 Å². The summed E-state index contributed by atoms with van der Waals surface area (Å²) in [6.07, 6.45) is 2.13. The van der Waals surface area contributed by atoms with Crippen molar-refractivity contribution < 1.29 is 4.79 Å². The first kappa shape index (κ1) is 10.5. The van der Waals surface area contributed by atoms with Crippen molar-refractivity contribution >= 4 is 6.29 Å². The molecule has 0 radical (unpaired) electrons. The third-order valence-corrected chi connectivity index (χ3v) is 2.21. The SMILES string of the molecule is Cc1nn(CCCC#N)c(C)c1C=O. The quantitative estimate of drug-likeness (QED) is 0.536. The minimum atomic E-state index is 0.523. The van der Waals surface area contributed by atoms with Gasteiger partial charge >= 0.3 is 0 Å². The smallest absolute Gasteiger partial charge is 0.153 e. The van der Waals surface area contributed by atoms with Crippen molar-refractivity contribution in [1.29, 1.82) is 5.26 Å². The molecule has 1 rings (SSSR count). The van der Waals surface area contributed by atoms with Crippen molar-refractivity contribution in [3.05, 3.63) is 17.0 Å². The van der Waals surface area contributed by atoms with Gasteiger partial charge in [-0.05, 0) is 20.3 Å². The highest BCUT2D eigenvalue weighted by molar-refractivity contribution is 5.77. The van der Waals surface area contributed by atoms with Crippen LogP contribution in [-0.2, 0) is 6.54 Å². The molecule has 0 spiro atoms. The fourth-order valence-corrected chi connectivity index (χ4v) is 1.41. The predicted molar refractivity (Wildman–Crippen MR) is 51.9 cm³/mol. The van der Waals surface area contributed by atoms with E-state index in [9.17, 15) is 4.79 Å². The summed E-state index contributed by atoms with van der Waals surface area (Å²) >= 11 is 0. The molecule has 4 heteroatoms. The Balaban J connectivity index is 2.79. The summed E-state index contributed by atoms with van der Waals surface area (Å²) in [6, 6.07) is 2.08. The molecule has 0 saturated heterocycles. The van der Waals surface area contributed by atoms with Gasteiger partial charge < -0.3 is 0 Å². The van der Waals surface area contributed by atoms with Crippen LogP contribution < -0.4 is 0 Å². The fraction of sp³-hybridized carbons (Fsp3) is 0.500. The number of aldehydes is 1. The molecule has 0 atom stereocenters. The zero-order valence-electron chi connectivity index (χ0n) is 8.45. The number of unbranched alkanes of at least 4 members (excludes halogenated alkanes) is 1. The molecule has 4 nitrogen and oxygen atoms in total. The van der Waals surface area contributed by atoms with E-state index >= 15 is 0 Å². The third kappa shape index (κ3) is 1.99. The zero-order valence-corrected chi connectivity index (χ0v) is 8.45. The molecule has 1 aromatic heterocycles. The zero-order chi connectivity index (χ0) is 10.6. The topological polar surface area (TPSA) is 58.7 Å². The summed E-state index contributed by atoms with van der Waals surface area (Å²) in [5.74, 6) is 0. The summed E-state index contributed by atoms with van der Waals surface area (Å²) < 4.78 is 1.79. The molecule has 0 N–H and O–H groups in total. The minimum Gasteiger partial charge on any atom is -0.298 e. The minimum absolute atomic E-state index is 0.523. The van der Waals surface area contributed by atoms with Crippen molar-refractivity contribution in [2.24, 2.45) is 0 Å². The van der Waals surface area contributed by atoms with Crippen molar-refractivity contribution in [2.75, 3.05) is 0 Å². The number of hydrogen-bond acceptors (Lipinski definition) is 3. The highest BCUT2D eigenvalue weighted by Crippen LogP contribution is 2.10. The van der Waals surface area contributed by atoms with Gasteiger partial charge in [0.2, 0.25) is 0 Å². The number of hydrogen-bond donors (Lipinski definition) is 0. The molecule has 14 heavy (non-hydrogen) atoms. The van der Waals surface area contributed by atoms with Gasteiger partial charge in [0.05, 0.1) is 17.3 Å². The van der Waals surface area contributed by atoms with Crippen molar-refractivity contribution in [3.63, 3.8) is 0 Å². The molecule has 1 aromatic rings. The largest absolute Gasteiger partial charge is 0.298 e. The average Bonchev–Trinajstić information content (AvgIpc) is 2.42. The maximum atomic E-state index is 10.7. The van der Waals surface area contributed by atoms with Crippen LogP contribution in [0.25, 0.3) is 0 Å². The Morgan fingerprint density at radius 1 is 1.57 bits per heavy atom. The van der Waals surface area contributed by atoms with Crippen LogP contribution in [0.1, 0.15) is 34.6 Å². The number of carbonyl (C=O) groups excluding carboxylic acids is 1. The lowest BCUT2D eigenvalue weighted by molar-refractivity contribution is 0.112. The van der Waals surface area contributed by atoms with E-state index in [-0.39, 0.29) is 0 Å². The van der Waals surface area contributed by atoms with Gasteiger partial charge in [0.1, 0.15) is 0 Å². The molecular weight excluding hydrogens is 178 g/mol. The fourth-order valence-electron chi connectivity index (χ4n) is 1.41. The molecule has 0 fully saturated rings. The molecule has 0 bridgehead atoms. The molecular formula is C10H13N3O. The van der Waals surface area contributed by atoms with Crippen LogP contribution in [0.4, 0.5) is 0 Å². The normalized spacial score (nSPS) is 9.79. The molecule has 0 unspecified atom stereocenters. The first-order valence-corrected chi connectivity index (χ1v) is 4.56. The molecule has 0 aliphatic carbocycles. The highest BCUT2D eigenvalue weighted by atomic mass is 16.1. The first-order valence-electron chi connectivity index (χ1n) is 4.56. The van der Waals surface area contributed by atoms with Gasteiger partial charge in [0, 0.05) is 18.7 Å². The van der Waals surface area contributed by atoms with Crippen LogP contribution in [0.3, 0.4) is 0 Å². The van der Waals surface area contributed by atoms with E-state index in [1.54, 1.807) is 4.68 Å². The molecule has 1 heterocycles. The van der Waals surface area contributed by atoms with E-state index in [4.69, 9.17) is 5.26 Å². The number of aryl methyl sites for hydroxylation is 2. The van der Waals surface area contributed by atoms with E-state index in [2.05, 4.69) is 11.2 Å². The molecule has 0 saturated carbocycles. The number of aromatic nitrogens is 2. The Bertz CT molecular complexity index is 373. The Morgan fingerprint density at radius 2 is 2.29 bits per heavy atom. The Kier molecular flexibility index (Phi) is 3.41. The third-order valence-electron chi connectivity index (χ3n) is 2.21. The van der Waals surface area contributed by atoms with Crippen molar-refractivity contribution in [1.82, 2.24) is 9.78 Å². The Hall–Kier alpha value is -1.63. The molecule has 0 amide bonds. The van der Waals surface area contributed by atoms with E-state index < -0.39 is 0 Å². The lowest BCUT2D eigenvalue weighted by Crippen LogP contribution is -2.02. The summed E-state index contributed by atoms with van der Waals surface area (Å²) in [5, 5.41) is 12.6. The number of rotatable bonds is 4. The molecule has 0 aliphatic rings. The first-order chi connectivity index (χ1) is 6.70. The number of nitriles is 1. The van der Waals surface area contributed by atoms with E-state index in [1.165, 1.54) is 0 Å². The maximum absolute atomic E-state index is 10.7. The summed E-state index contributed by atoms with van der Waals surface area (Å²) in [4.78, 5) is 10.7. The van der Waals surface area contributed by atoms with Crippen molar-refractivity contribution in [2.45, 2.75) is 33.2 Å². The van der Waals surface area contributed by atoms with E-state index in [0.29, 0.717) is 18.5 Å². The Morgan fingerprint density at radius 3 is 2.79 bits per heavy atom. The van der Waals surface area contributed by atoms with E-state index in [0.717, 1.165) is 24.1 Å². The van der Waals surface area contributed by atoms with Gasteiger partial charge in [0.25, 0.3) is 0 Å². The predicted octanol–water partition coefficient (Wildman–Crippen LogP) is 1.62. The number of carbonyl (C=O) groups is 1. The van der Waals surface area contributed by atoms with Gasteiger partial charge in [-0.3, -0.25) is 9.48 Å². The second-order valence-electron chi connectivity index (χ2n) is 3.19. The van der Waals surface area contributed by atoms with Crippen LogP contribution >= 0.6 is 0 Å². The van der Waals surface area contributed by atoms with Gasteiger partial charge in [-0.15, -0.1) is 0 Å². The highest BCUT2D eigenvalue weighted by Gasteiger charge is 2.09. The van der Waals surface area contributed by atoms with Crippen LogP contribution in [0.2, 0.25) is 0 Å². The van der Waals surface area contributed by atoms with E-state index in [1.807, 2.05) is 13.8 Å². The van der Waals surface area contributed by atoms with Gasteiger partial charge in [-0.1, -0.05) is 0 Å². The van der Waals surface area contributed by atoms with Gasteiger partial charge in [-0.25, -0.2) is 0 Å². The van der Waals surface area contributed by atoms with Gasteiger partial charge in [0.15, 0.2) is 6.29 Å². The van der Waals surface area contributed by atoms with Crippen LogP contribution in [0.15, 0.2) is 0 Å². The second kappa shape index (κ2) is 4.56. The van der Waals surface area contributed by atoms with Crippen LogP contribution in [0, 0.1) is 25.2 Å². The van der Waals surface area contributed by atoms with Gasteiger partial charge in [-0.2, -0.15) is 10.4 Å².